The predicted octanol–water partition coefficient (Wildman–Crippen LogP) is 3.42. The molecule has 28 heavy (non-hydrogen) atoms. The second-order valence-electron chi connectivity index (χ2n) is 6.74. The fraction of sp³-hybridized carbons (Fsp3) is 0.200. The van der Waals surface area contributed by atoms with Crippen molar-refractivity contribution in [3.63, 3.8) is 0 Å². The number of fused-ring (bicyclic) bond motifs is 1. The van der Waals surface area contributed by atoms with Crippen molar-refractivity contribution < 1.29 is 19.0 Å². The fourth-order valence-corrected chi connectivity index (χ4v) is 3.81. The van der Waals surface area contributed by atoms with E-state index in [2.05, 4.69) is 5.32 Å². The van der Waals surface area contributed by atoms with E-state index in [-0.39, 0.29) is 28.9 Å². The van der Waals surface area contributed by atoms with E-state index >= 15 is 0 Å². The lowest BCUT2D eigenvalue weighted by Crippen LogP contribution is -2.30. The minimum atomic E-state index is -0.518. The first-order valence-corrected chi connectivity index (χ1v) is 9.12. The Labute approximate surface area is 164 Å². The number of halogens is 1. The van der Waals surface area contributed by atoms with E-state index in [1.807, 2.05) is 11.5 Å². The second-order valence-corrected chi connectivity index (χ2v) is 7.15. The predicted molar refractivity (Wildman–Crippen MR) is 104 cm³/mol. The Bertz CT molecular complexity index is 1200. The van der Waals surface area contributed by atoms with E-state index in [1.165, 1.54) is 0 Å². The maximum absolute atomic E-state index is 13.0. The normalized spacial score (nSPS) is 16.7. The Morgan fingerprint density at radius 3 is 2.82 bits per heavy atom. The van der Waals surface area contributed by atoms with Crippen LogP contribution < -0.4 is 25.0 Å². The quantitative estimate of drug-likeness (QED) is 0.715. The summed E-state index contributed by atoms with van der Waals surface area (Å²) >= 11 is 6.29. The molecule has 142 valence electrons. The van der Waals surface area contributed by atoms with Crippen molar-refractivity contribution in [1.82, 2.24) is 4.57 Å². The van der Waals surface area contributed by atoms with Gasteiger partial charge in [-0.2, -0.15) is 0 Å². The monoisotopic (exact) mass is 398 g/mol. The van der Waals surface area contributed by atoms with Gasteiger partial charge in [-0.1, -0.05) is 11.6 Å². The van der Waals surface area contributed by atoms with Crippen LogP contribution in [0.1, 0.15) is 17.3 Å². The number of ether oxygens (including phenoxy) is 3. The zero-order valence-electron chi connectivity index (χ0n) is 14.8. The number of amides is 1. The highest BCUT2D eigenvalue weighted by molar-refractivity contribution is 6.35. The van der Waals surface area contributed by atoms with E-state index in [9.17, 15) is 9.59 Å². The second kappa shape index (κ2) is 6.17. The molecule has 7 nitrogen and oxygen atoms in total. The highest BCUT2D eigenvalue weighted by atomic mass is 35.5. The molecule has 0 saturated heterocycles. The Balaban J connectivity index is 1.59. The van der Waals surface area contributed by atoms with Crippen LogP contribution in [0.3, 0.4) is 0 Å². The molecular formula is C20H15ClN2O5. The summed E-state index contributed by atoms with van der Waals surface area (Å²) in [4.78, 5) is 25.9. The standard InChI is InChI=1S/C20H15ClN2O5/c1-10-7-23-8-12(19(24)17-13(21)3-5-15(28-10)18(17)23)20(25)22-11-2-4-14-16(6-11)27-9-26-14/h2-6,8,10H,7,9H2,1H3,(H,22,25)/t10-/m1/s1. The maximum atomic E-state index is 13.0. The number of nitrogens with zero attached hydrogens (tertiary/aromatic N) is 1. The molecule has 0 unspecified atom stereocenters. The van der Waals surface area contributed by atoms with Crippen molar-refractivity contribution in [3.8, 4) is 17.2 Å². The molecule has 0 radical (unpaired) electrons. The number of carbonyl (C=O) groups is 1. The molecule has 2 aliphatic rings. The number of nitrogens with one attached hydrogen (secondary N) is 1. The summed E-state index contributed by atoms with van der Waals surface area (Å²) < 4.78 is 18.2. The molecule has 0 bridgehead atoms. The number of rotatable bonds is 2. The maximum Gasteiger partial charge on any atom is 0.261 e. The van der Waals surface area contributed by atoms with Crippen LogP contribution in [0.25, 0.3) is 10.9 Å². The van der Waals surface area contributed by atoms with Gasteiger partial charge >= 0.3 is 0 Å². The molecule has 8 heteroatoms. The fourth-order valence-electron chi connectivity index (χ4n) is 3.57. The zero-order valence-corrected chi connectivity index (χ0v) is 15.6. The zero-order chi connectivity index (χ0) is 19.4. The molecule has 0 spiro atoms. The summed E-state index contributed by atoms with van der Waals surface area (Å²) in [7, 11) is 0. The first-order valence-electron chi connectivity index (χ1n) is 8.74. The molecule has 1 aromatic heterocycles. The summed E-state index contributed by atoms with van der Waals surface area (Å²) in [6, 6.07) is 8.40. The smallest absolute Gasteiger partial charge is 0.261 e. The molecule has 0 fully saturated rings. The number of anilines is 1. The molecular weight excluding hydrogens is 384 g/mol. The van der Waals surface area contributed by atoms with Crippen LogP contribution in [0.2, 0.25) is 5.02 Å². The SMILES string of the molecule is C[C@@H]1Cn2cc(C(=O)Nc3ccc4c(c3)OCO4)c(=O)c3c(Cl)ccc(c32)O1. The Morgan fingerprint density at radius 1 is 1.18 bits per heavy atom. The van der Waals surface area contributed by atoms with E-state index < -0.39 is 11.3 Å². The van der Waals surface area contributed by atoms with Crippen LogP contribution in [-0.2, 0) is 6.54 Å². The lowest BCUT2D eigenvalue weighted by Gasteiger charge is -2.26. The Hall–Kier alpha value is -3.19. The van der Waals surface area contributed by atoms with Gasteiger partial charge in [0, 0.05) is 18.0 Å². The van der Waals surface area contributed by atoms with Crippen LogP contribution in [0, 0.1) is 0 Å². The van der Waals surface area contributed by atoms with E-state index in [0.29, 0.717) is 35.0 Å². The van der Waals surface area contributed by atoms with Crippen molar-refractivity contribution in [3.05, 3.63) is 57.3 Å². The van der Waals surface area contributed by atoms with E-state index in [1.54, 1.807) is 36.5 Å². The molecule has 3 heterocycles. The molecule has 0 aliphatic carbocycles. The van der Waals surface area contributed by atoms with Gasteiger partial charge in [0.2, 0.25) is 12.2 Å². The van der Waals surface area contributed by atoms with Gasteiger partial charge in [0.05, 0.1) is 22.5 Å². The number of aromatic nitrogens is 1. The van der Waals surface area contributed by atoms with Crippen molar-refractivity contribution in [1.29, 1.82) is 0 Å². The van der Waals surface area contributed by atoms with Gasteiger partial charge in [0.1, 0.15) is 17.4 Å². The van der Waals surface area contributed by atoms with Gasteiger partial charge in [-0.05, 0) is 31.2 Å². The minimum Gasteiger partial charge on any atom is -0.487 e. The molecule has 1 N–H and O–H groups in total. The van der Waals surface area contributed by atoms with Gasteiger partial charge in [-0.25, -0.2) is 0 Å². The highest BCUT2D eigenvalue weighted by Crippen LogP contribution is 2.35. The molecule has 0 saturated carbocycles. The first kappa shape index (κ1) is 16.9. The lowest BCUT2D eigenvalue weighted by atomic mass is 10.1. The summed E-state index contributed by atoms with van der Waals surface area (Å²) in [5, 5.41) is 3.31. The largest absolute Gasteiger partial charge is 0.487 e. The average Bonchev–Trinajstić information content (AvgIpc) is 3.13. The third kappa shape index (κ3) is 2.58. The molecule has 2 aromatic carbocycles. The van der Waals surface area contributed by atoms with Crippen LogP contribution in [-0.4, -0.2) is 23.4 Å². The summed E-state index contributed by atoms with van der Waals surface area (Å²) in [6.45, 7) is 2.57. The van der Waals surface area contributed by atoms with Gasteiger partial charge in [-0.3, -0.25) is 9.59 Å². The summed E-state index contributed by atoms with van der Waals surface area (Å²) in [6.07, 6.45) is 1.47. The van der Waals surface area contributed by atoms with Crippen LogP contribution in [0.5, 0.6) is 17.2 Å². The number of hydrogen-bond donors (Lipinski definition) is 1. The van der Waals surface area contributed by atoms with Crippen LogP contribution in [0.4, 0.5) is 5.69 Å². The Kier molecular flexibility index (Phi) is 3.73. The molecule has 3 aromatic rings. The molecule has 1 amide bonds. The molecule has 5 rings (SSSR count). The van der Waals surface area contributed by atoms with Crippen molar-refractivity contribution in [2.75, 3.05) is 12.1 Å². The van der Waals surface area contributed by atoms with E-state index in [0.717, 1.165) is 0 Å². The third-order valence-electron chi connectivity index (χ3n) is 4.79. The lowest BCUT2D eigenvalue weighted by molar-refractivity contribution is 0.102. The van der Waals surface area contributed by atoms with Crippen LogP contribution >= 0.6 is 11.6 Å². The van der Waals surface area contributed by atoms with E-state index in [4.69, 9.17) is 25.8 Å². The number of benzene rings is 2. The topological polar surface area (TPSA) is 78.8 Å². The van der Waals surface area contributed by atoms with Gasteiger partial charge in [-0.15, -0.1) is 0 Å². The number of hydrogen-bond acceptors (Lipinski definition) is 5. The minimum absolute atomic E-state index is 0.0123. The van der Waals surface area contributed by atoms with Crippen LogP contribution in [0.15, 0.2) is 41.3 Å². The van der Waals surface area contributed by atoms with Gasteiger partial charge in [0.25, 0.3) is 5.91 Å². The molecule has 2 aliphatic heterocycles. The molecule has 1 atom stereocenters. The van der Waals surface area contributed by atoms with Gasteiger partial charge < -0.3 is 24.1 Å². The first-order chi connectivity index (χ1) is 13.5. The third-order valence-corrected chi connectivity index (χ3v) is 5.11. The van der Waals surface area contributed by atoms with Gasteiger partial charge in [0.15, 0.2) is 11.5 Å². The van der Waals surface area contributed by atoms with Crippen molar-refractivity contribution in [2.45, 2.75) is 19.6 Å². The number of pyridine rings is 1. The Morgan fingerprint density at radius 2 is 1.96 bits per heavy atom. The summed E-state index contributed by atoms with van der Waals surface area (Å²) in [5.41, 5.74) is 0.687. The number of carbonyl (C=O) groups excluding carboxylic acids is 1. The average molecular weight is 399 g/mol. The summed E-state index contributed by atoms with van der Waals surface area (Å²) in [5.74, 6) is 1.22. The highest BCUT2D eigenvalue weighted by Gasteiger charge is 2.25. The van der Waals surface area contributed by atoms with Crippen molar-refractivity contribution >= 4 is 34.1 Å². The van der Waals surface area contributed by atoms with Crippen molar-refractivity contribution in [2.24, 2.45) is 0 Å².